The Kier molecular flexibility index (Phi) is 5.42. The van der Waals surface area contributed by atoms with E-state index in [-0.39, 0.29) is 5.41 Å². The smallest absolute Gasteiger partial charge is 0.227 e. The minimum atomic E-state index is -0.0722. The largest absolute Gasteiger partial charge is 0.456 e. The molecule has 0 bridgehead atoms. The summed E-state index contributed by atoms with van der Waals surface area (Å²) in [6.07, 6.45) is 0. The van der Waals surface area contributed by atoms with Crippen LogP contribution in [0.3, 0.4) is 0 Å². The molecule has 0 N–H and O–H groups in total. The molecular formula is C46H30N2O2. The number of hydrogen-bond acceptors (Lipinski definition) is 4. The summed E-state index contributed by atoms with van der Waals surface area (Å²) >= 11 is 0. The van der Waals surface area contributed by atoms with Gasteiger partial charge < -0.3 is 13.7 Å². The second-order valence-corrected chi connectivity index (χ2v) is 13.9. The van der Waals surface area contributed by atoms with Gasteiger partial charge in [-0.2, -0.15) is 0 Å². The molecule has 0 radical (unpaired) electrons. The molecule has 4 heteroatoms. The lowest BCUT2D eigenvalue weighted by atomic mass is 9.82. The Labute approximate surface area is 288 Å². The van der Waals surface area contributed by atoms with Crippen molar-refractivity contribution in [1.82, 2.24) is 4.98 Å². The van der Waals surface area contributed by atoms with Gasteiger partial charge in [-0.1, -0.05) is 98.8 Å². The number of furan rings is 1. The number of para-hydroxylation sites is 1. The van der Waals surface area contributed by atoms with Crippen molar-refractivity contribution in [3.8, 4) is 45.2 Å². The molecule has 0 atom stereocenters. The molecule has 0 saturated heterocycles. The molecule has 2 aliphatic carbocycles. The van der Waals surface area contributed by atoms with Crippen LogP contribution in [0.25, 0.3) is 77.9 Å². The van der Waals surface area contributed by atoms with Crippen molar-refractivity contribution < 1.29 is 8.83 Å². The third kappa shape index (κ3) is 3.68. The molecule has 9 aromatic rings. The lowest BCUT2D eigenvalue weighted by molar-refractivity contribution is 0.590. The van der Waals surface area contributed by atoms with Crippen LogP contribution >= 0.6 is 0 Å². The molecule has 4 nitrogen and oxygen atoms in total. The first-order valence-electron chi connectivity index (χ1n) is 17.1. The molecule has 0 saturated carbocycles. The SMILES string of the molecule is CC1(C)c2ccccc2-c2cc(N(c3ccc4oc5ccccc5c4c3)c3ccc4c5c(cccc35)-c3oc(-c5ccccc5)nc3-4)ccc21. The Balaban J connectivity index is 1.15. The molecule has 236 valence electrons. The van der Waals surface area contributed by atoms with Gasteiger partial charge in [0.1, 0.15) is 16.9 Å². The molecule has 2 heterocycles. The second kappa shape index (κ2) is 9.83. The second-order valence-electron chi connectivity index (χ2n) is 13.9. The maximum Gasteiger partial charge on any atom is 0.227 e. The lowest BCUT2D eigenvalue weighted by Gasteiger charge is -2.28. The maximum atomic E-state index is 6.50. The van der Waals surface area contributed by atoms with Crippen molar-refractivity contribution in [1.29, 1.82) is 0 Å². The summed E-state index contributed by atoms with van der Waals surface area (Å²) in [5.41, 5.74) is 14.3. The number of nitrogens with zero attached hydrogens (tertiary/aromatic N) is 2. The minimum Gasteiger partial charge on any atom is -0.456 e. The summed E-state index contributed by atoms with van der Waals surface area (Å²) in [7, 11) is 0. The highest BCUT2D eigenvalue weighted by atomic mass is 16.4. The highest BCUT2D eigenvalue weighted by Gasteiger charge is 2.36. The molecule has 50 heavy (non-hydrogen) atoms. The number of aromatic nitrogens is 1. The van der Waals surface area contributed by atoms with Crippen molar-refractivity contribution in [2.45, 2.75) is 19.3 Å². The van der Waals surface area contributed by atoms with Crippen LogP contribution in [-0.2, 0) is 5.41 Å². The molecule has 0 amide bonds. The van der Waals surface area contributed by atoms with Crippen molar-refractivity contribution in [2.75, 3.05) is 4.90 Å². The van der Waals surface area contributed by atoms with Crippen LogP contribution in [0.5, 0.6) is 0 Å². The third-order valence-corrected chi connectivity index (χ3v) is 10.8. The van der Waals surface area contributed by atoms with Gasteiger partial charge in [-0.3, -0.25) is 0 Å². The molecule has 0 fully saturated rings. The van der Waals surface area contributed by atoms with E-state index in [1.165, 1.54) is 27.6 Å². The minimum absolute atomic E-state index is 0.0722. The molecule has 11 rings (SSSR count). The van der Waals surface area contributed by atoms with Gasteiger partial charge in [-0.25, -0.2) is 4.98 Å². The van der Waals surface area contributed by atoms with E-state index >= 15 is 0 Å². The topological polar surface area (TPSA) is 42.4 Å². The molecule has 2 aromatic heterocycles. The average Bonchev–Trinajstić information content (AvgIpc) is 3.89. The van der Waals surface area contributed by atoms with Crippen molar-refractivity contribution >= 4 is 49.8 Å². The molecule has 7 aromatic carbocycles. The van der Waals surface area contributed by atoms with Crippen LogP contribution in [0.2, 0.25) is 0 Å². The summed E-state index contributed by atoms with van der Waals surface area (Å²) in [4.78, 5) is 7.44. The summed E-state index contributed by atoms with van der Waals surface area (Å²) in [6, 6.07) is 51.8. The van der Waals surface area contributed by atoms with Gasteiger partial charge in [-0.15, -0.1) is 0 Å². The predicted octanol–water partition coefficient (Wildman–Crippen LogP) is 12.8. The number of benzene rings is 7. The van der Waals surface area contributed by atoms with Crippen LogP contribution in [0.4, 0.5) is 17.1 Å². The van der Waals surface area contributed by atoms with E-state index in [0.717, 1.165) is 72.5 Å². The van der Waals surface area contributed by atoms with Crippen molar-refractivity contribution in [2.24, 2.45) is 0 Å². The van der Waals surface area contributed by atoms with Gasteiger partial charge in [0.15, 0.2) is 5.76 Å². The van der Waals surface area contributed by atoms with E-state index in [0.29, 0.717) is 5.89 Å². The van der Waals surface area contributed by atoms with E-state index in [4.69, 9.17) is 13.8 Å². The first-order valence-corrected chi connectivity index (χ1v) is 17.1. The Morgan fingerprint density at radius 3 is 2.16 bits per heavy atom. The van der Waals surface area contributed by atoms with Gasteiger partial charge in [0.2, 0.25) is 5.89 Å². The monoisotopic (exact) mass is 642 g/mol. The fourth-order valence-corrected chi connectivity index (χ4v) is 8.49. The summed E-state index contributed by atoms with van der Waals surface area (Å²) in [5, 5.41) is 4.52. The predicted molar refractivity (Wildman–Crippen MR) is 203 cm³/mol. The van der Waals surface area contributed by atoms with Gasteiger partial charge in [0, 0.05) is 55.0 Å². The molecule has 0 aliphatic heterocycles. The maximum absolute atomic E-state index is 6.50. The highest BCUT2D eigenvalue weighted by molar-refractivity contribution is 6.18. The van der Waals surface area contributed by atoms with Crippen LogP contribution in [0, 0.1) is 0 Å². The first-order chi connectivity index (χ1) is 24.5. The van der Waals surface area contributed by atoms with Gasteiger partial charge in [0.25, 0.3) is 0 Å². The molecule has 0 unspecified atom stereocenters. The van der Waals surface area contributed by atoms with Crippen molar-refractivity contribution in [3.63, 3.8) is 0 Å². The highest BCUT2D eigenvalue weighted by Crippen LogP contribution is 2.54. The Bertz CT molecular complexity index is 2830. The molecular weight excluding hydrogens is 613 g/mol. The number of anilines is 3. The Morgan fingerprint density at radius 1 is 0.520 bits per heavy atom. The van der Waals surface area contributed by atoms with Crippen LogP contribution in [0.15, 0.2) is 154 Å². The third-order valence-electron chi connectivity index (χ3n) is 10.8. The summed E-state index contributed by atoms with van der Waals surface area (Å²) < 4.78 is 12.8. The fraction of sp³-hybridized carbons (Fsp3) is 0.0652. The van der Waals surface area contributed by atoms with Crippen LogP contribution < -0.4 is 4.90 Å². The Morgan fingerprint density at radius 2 is 1.24 bits per heavy atom. The quantitative estimate of drug-likeness (QED) is 0.192. The lowest BCUT2D eigenvalue weighted by Crippen LogP contribution is -2.15. The average molecular weight is 643 g/mol. The van der Waals surface area contributed by atoms with E-state index < -0.39 is 0 Å². The fourth-order valence-electron chi connectivity index (χ4n) is 8.49. The van der Waals surface area contributed by atoms with E-state index in [1.807, 2.05) is 42.5 Å². The van der Waals surface area contributed by atoms with Gasteiger partial charge >= 0.3 is 0 Å². The number of fused-ring (bicyclic) bond motifs is 9. The van der Waals surface area contributed by atoms with Crippen molar-refractivity contribution in [3.05, 3.63) is 157 Å². The van der Waals surface area contributed by atoms with E-state index in [1.54, 1.807) is 0 Å². The van der Waals surface area contributed by atoms with Crippen LogP contribution in [-0.4, -0.2) is 4.98 Å². The van der Waals surface area contributed by atoms with E-state index in [2.05, 4.69) is 122 Å². The number of hydrogen-bond donors (Lipinski definition) is 0. The zero-order chi connectivity index (χ0) is 33.1. The normalized spacial score (nSPS) is 13.6. The zero-order valence-electron chi connectivity index (χ0n) is 27.6. The summed E-state index contributed by atoms with van der Waals surface area (Å²) in [6.45, 7) is 4.66. The zero-order valence-corrected chi connectivity index (χ0v) is 27.6. The number of oxazole rings is 1. The Hall–Kier alpha value is -6.39. The summed E-state index contributed by atoms with van der Waals surface area (Å²) in [5.74, 6) is 1.47. The van der Waals surface area contributed by atoms with Gasteiger partial charge in [0.05, 0.1) is 5.69 Å². The first kappa shape index (κ1) is 27.5. The number of rotatable bonds is 4. The van der Waals surface area contributed by atoms with Crippen LogP contribution in [0.1, 0.15) is 25.0 Å². The molecule has 0 spiro atoms. The van der Waals surface area contributed by atoms with Gasteiger partial charge in [-0.05, 0) is 82.9 Å². The molecule has 2 aliphatic rings. The standard InChI is InChI=1S/C46H30N2O2/c1-46(2)37-17-8-6-13-30(37)35-25-28(19-22-38(35)46)48(29-20-24-41-36(26-29)31-14-7-9-18-40(31)49-41)39-23-21-33-42-32(39)15-10-16-34(42)44-43(33)47-45(50-44)27-11-4-3-5-12-27/h3-26H,1-2H3. The van der Waals surface area contributed by atoms with E-state index in [9.17, 15) is 0 Å².